The first-order chi connectivity index (χ1) is 27.8. The summed E-state index contributed by atoms with van der Waals surface area (Å²) in [5, 5.41) is 4.79. The molecule has 11 aromatic rings. The third kappa shape index (κ3) is 5.29. The lowest BCUT2D eigenvalue weighted by Crippen LogP contribution is -2.06. The van der Waals surface area contributed by atoms with E-state index in [1.807, 2.05) is 60.7 Å². The number of para-hydroxylation sites is 3. The maximum Gasteiger partial charge on any atom is 0.238 e. The van der Waals surface area contributed by atoms with Crippen molar-refractivity contribution in [2.24, 2.45) is 0 Å². The number of aromatic nitrogens is 5. The van der Waals surface area contributed by atoms with Gasteiger partial charge in [0, 0.05) is 38.4 Å². The summed E-state index contributed by atoms with van der Waals surface area (Å²) >= 11 is 0. The second-order valence-electron chi connectivity index (χ2n) is 14.1. The van der Waals surface area contributed by atoms with E-state index in [-0.39, 0.29) is 0 Å². The zero-order valence-corrected chi connectivity index (χ0v) is 30.3. The zero-order chi connectivity index (χ0) is 37.0. The Morgan fingerprint density at radius 1 is 0.268 bits per heavy atom. The van der Waals surface area contributed by atoms with E-state index in [9.17, 15) is 0 Å². The van der Waals surface area contributed by atoms with Crippen LogP contribution in [0.1, 0.15) is 0 Å². The molecule has 56 heavy (non-hydrogen) atoms. The number of hydrogen-bond acceptors (Lipinski definition) is 3. The van der Waals surface area contributed by atoms with Crippen LogP contribution in [-0.4, -0.2) is 24.1 Å². The van der Waals surface area contributed by atoms with E-state index < -0.39 is 0 Å². The molecule has 8 aromatic carbocycles. The number of hydrogen-bond donors (Lipinski definition) is 0. The number of nitrogens with zero attached hydrogens (tertiary/aromatic N) is 5. The summed E-state index contributed by atoms with van der Waals surface area (Å²) in [4.78, 5) is 15.1. The number of fused-ring (bicyclic) bond motifs is 6. The van der Waals surface area contributed by atoms with Crippen LogP contribution in [0.5, 0.6) is 0 Å². The SMILES string of the molecule is c1ccc(-c2nc(-c3ccccc3)nc(-n3c4ccccc4c4cc(-c5ccc(-c6ccc7c(c6)c6ccccc6n7-c6ccccc6)cc5)ccc43)n2)cc1. The monoisotopic (exact) mass is 715 g/mol. The summed E-state index contributed by atoms with van der Waals surface area (Å²) in [6.07, 6.45) is 0. The quantitative estimate of drug-likeness (QED) is 0.172. The molecule has 0 saturated heterocycles. The Morgan fingerprint density at radius 2 is 0.661 bits per heavy atom. The molecule has 0 bridgehead atoms. The maximum absolute atomic E-state index is 5.08. The summed E-state index contributed by atoms with van der Waals surface area (Å²) < 4.78 is 4.53. The summed E-state index contributed by atoms with van der Waals surface area (Å²) in [5.41, 5.74) is 12.2. The Hall–Kier alpha value is -7.63. The predicted octanol–water partition coefficient (Wildman–Crippen LogP) is 12.7. The van der Waals surface area contributed by atoms with Gasteiger partial charge < -0.3 is 4.57 Å². The van der Waals surface area contributed by atoms with Crippen molar-refractivity contribution in [1.29, 1.82) is 0 Å². The van der Waals surface area contributed by atoms with Crippen LogP contribution in [0.3, 0.4) is 0 Å². The van der Waals surface area contributed by atoms with Gasteiger partial charge in [-0.3, -0.25) is 4.57 Å². The third-order valence-electron chi connectivity index (χ3n) is 10.8. The van der Waals surface area contributed by atoms with Crippen LogP contribution in [0.15, 0.2) is 200 Å². The largest absolute Gasteiger partial charge is 0.309 e. The van der Waals surface area contributed by atoms with Gasteiger partial charge in [0.15, 0.2) is 11.6 Å². The van der Waals surface area contributed by atoms with Gasteiger partial charge in [-0.15, -0.1) is 0 Å². The van der Waals surface area contributed by atoms with Crippen LogP contribution in [0.25, 0.3) is 100 Å². The van der Waals surface area contributed by atoms with Crippen LogP contribution < -0.4 is 0 Å². The van der Waals surface area contributed by atoms with Crippen molar-refractivity contribution in [2.75, 3.05) is 0 Å². The smallest absolute Gasteiger partial charge is 0.238 e. The Labute approximate surface area is 323 Å². The Morgan fingerprint density at radius 3 is 1.18 bits per heavy atom. The van der Waals surface area contributed by atoms with Crippen molar-refractivity contribution in [3.8, 4) is 56.7 Å². The molecule has 0 saturated carbocycles. The van der Waals surface area contributed by atoms with Crippen molar-refractivity contribution in [3.05, 3.63) is 200 Å². The second-order valence-corrected chi connectivity index (χ2v) is 14.1. The molecule has 0 aliphatic carbocycles. The van der Waals surface area contributed by atoms with E-state index in [2.05, 4.69) is 149 Å². The van der Waals surface area contributed by atoms with Crippen LogP contribution >= 0.6 is 0 Å². The van der Waals surface area contributed by atoms with E-state index in [0.29, 0.717) is 17.6 Å². The molecule has 0 fully saturated rings. The molecule has 5 nitrogen and oxygen atoms in total. The first-order valence-electron chi connectivity index (χ1n) is 18.9. The van der Waals surface area contributed by atoms with Gasteiger partial charge in [-0.05, 0) is 70.8 Å². The maximum atomic E-state index is 5.08. The standard InChI is InChI=1S/C51H33N5/c1-4-14-36(15-5-1)49-52-50(37-16-6-2-7-17-37)54-51(53-49)56-46-23-13-11-21-42(46)44-33-39(29-31-48(44)56)35-26-24-34(25-27-35)38-28-30-47-43(32-38)41-20-10-12-22-45(41)55(47)40-18-8-3-9-19-40/h1-33H. The molecule has 0 aliphatic heterocycles. The van der Waals surface area contributed by atoms with Gasteiger partial charge in [0.1, 0.15) is 0 Å². The lowest BCUT2D eigenvalue weighted by molar-refractivity contribution is 0.953. The summed E-state index contributed by atoms with van der Waals surface area (Å²) in [6.45, 7) is 0. The van der Waals surface area contributed by atoms with Crippen molar-refractivity contribution in [2.45, 2.75) is 0 Å². The van der Waals surface area contributed by atoms with E-state index in [4.69, 9.17) is 15.0 Å². The van der Waals surface area contributed by atoms with E-state index in [1.165, 1.54) is 32.9 Å². The minimum Gasteiger partial charge on any atom is -0.309 e. The fourth-order valence-electron chi connectivity index (χ4n) is 8.13. The first kappa shape index (κ1) is 31.9. The van der Waals surface area contributed by atoms with Crippen molar-refractivity contribution in [1.82, 2.24) is 24.1 Å². The van der Waals surface area contributed by atoms with E-state index in [1.54, 1.807) is 0 Å². The van der Waals surface area contributed by atoms with Crippen LogP contribution in [0.2, 0.25) is 0 Å². The van der Waals surface area contributed by atoms with Gasteiger partial charge >= 0.3 is 0 Å². The molecule has 0 amide bonds. The van der Waals surface area contributed by atoms with Gasteiger partial charge in [-0.25, -0.2) is 4.98 Å². The third-order valence-corrected chi connectivity index (χ3v) is 10.8. The fourth-order valence-corrected chi connectivity index (χ4v) is 8.13. The minimum atomic E-state index is 0.588. The average molecular weight is 716 g/mol. The van der Waals surface area contributed by atoms with Gasteiger partial charge in [0.25, 0.3) is 0 Å². The molecule has 0 unspecified atom stereocenters. The lowest BCUT2D eigenvalue weighted by atomic mass is 9.98. The highest BCUT2D eigenvalue weighted by Gasteiger charge is 2.19. The molecular weight excluding hydrogens is 683 g/mol. The van der Waals surface area contributed by atoms with Gasteiger partial charge in [-0.2, -0.15) is 9.97 Å². The van der Waals surface area contributed by atoms with Crippen LogP contribution in [0, 0.1) is 0 Å². The van der Waals surface area contributed by atoms with Crippen molar-refractivity contribution in [3.63, 3.8) is 0 Å². The van der Waals surface area contributed by atoms with E-state index >= 15 is 0 Å². The summed E-state index contributed by atoms with van der Waals surface area (Å²) in [6, 6.07) is 70.5. The van der Waals surface area contributed by atoms with Crippen LogP contribution in [-0.2, 0) is 0 Å². The first-order valence-corrected chi connectivity index (χ1v) is 18.9. The highest BCUT2D eigenvalue weighted by Crippen LogP contribution is 2.37. The lowest BCUT2D eigenvalue weighted by Gasteiger charge is -2.11. The predicted molar refractivity (Wildman–Crippen MR) is 230 cm³/mol. The molecule has 262 valence electrons. The van der Waals surface area contributed by atoms with Gasteiger partial charge in [0.2, 0.25) is 5.95 Å². The highest BCUT2D eigenvalue weighted by molar-refractivity contribution is 6.11. The molecule has 3 heterocycles. The number of benzene rings is 8. The Kier molecular flexibility index (Phi) is 7.42. The van der Waals surface area contributed by atoms with Crippen molar-refractivity contribution >= 4 is 43.6 Å². The Bertz CT molecular complexity index is 3160. The van der Waals surface area contributed by atoms with Crippen molar-refractivity contribution < 1.29 is 0 Å². The van der Waals surface area contributed by atoms with Gasteiger partial charge in [0.05, 0.1) is 22.1 Å². The Balaban J connectivity index is 1.000. The molecule has 5 heteroatoms. The molecule has 0 N–H and O–H groups in total. The second kappa shape index (κ2) is 13.0. The minimum absolute atomic E-state index is 0.588. The topological polar surface area (TPSA) is 48.5 Å². The normalized spacial score (nSPS) is 11.6. The molecular formula is C51H33N5. The molecule has 0 radical (unpaired) electrons. The average Bonchev–Trinajstić information content (AvgIpc) is 3.79. The number of rotatable bonds is 6. The highest BCUT2D eigenvalue weighted by atomic mass is 15.2. The fraction of sp³-hybridized carbons (Fsp3) is 0. The molecule has 0 aliphatic rings. The molecule has 3 aromatic heterocycles. The van der Waals surface area contributed by atoms with Crippen LogP contribution in [0.4, 0.5) is 0 Å². The zero-order valence-electron chi connectivity index (χ0n) is 30.3. The van der Waals surface area contributed by atoms with E-state index in [0.717, 1.165) is 49.7 Å². The summed E-state index contributed by atoms with van der Waals surface area (Å²) in [7, 11) is 0. The molecule has 0 spiro atoms. The molecule has 11 rings (SSSR count). The van der Waals surface area contributed by atoms with Gasteiger partial charge in [-0.1, -0.05) is 152 Å². The summed E-state index contributed by atoms with van der Waals surface area (Å²) in [5.74, 6) is 1.86. The molecule has 0 atom stereocenters.